The Bertz CT molecular complexity index is 968. The zero-order valence-corrected chi connectivity index (χ0v) is 17.4. The van der Waals surface area contributed by atoms with Crippen LogP contribution in [0.15, 0.2) is 53.4 Å². The van der Waals surface area contributed by atoms with Crippen molar-refractivity contribution < 1.29 is 22.7 Å². The molecule has 8 heteroatoms. The average molecular weight is 404 g/mol. The Balaban J connectivity index is 2.27. The van der Waals surface area contributed by atoms with E-state index in [0.717, 1.165) is 9.87 Å². The average Bonchev–Trinajstić information content (AvgIpc) is 2.67. The van der Waals surface area contributed by atoms with Gasteiger partial charge < -0.3 is 9.64 Å². The van der Waals surface area contributed by atoms with Crippen molar-refractivity contribution in [3.05, 3.63) is 59.7 Å². The summed E-state index contributed by atoms with van der Waals surface area (Å²) in [7, 11) is 0.691. The van der Waals surface area contributed by atoms with E-state index < -0.39 is 22.1 Å². The van der Waals surface area contributed by atoms with Crippen LogP contribution in [0.25, 0.3) is 0 Å². The SMILES string of the molecule is Cc1ccc(N(C)S(=O)(=O)c2cccc(C(=O)O[C@@H](C)C(=O)N(C)C)c2)cc1. The van der Waals surface area contributed by atoms with Crippen molar-refractivity contribution in [2.24, 2.45) is 0 Å². The first-order valence-electron chi connectivity index (χ1n) is 8.62. The van der Waals surface area contributed by atoms with E-state index >= 15 is 0 Å². The molecule has 0 N–H and O–H groups in total. The zero-order valence-electron chi connectivity index (χ0n) is 16.5. The standard InChI is InChI=1S/C20H24N2O5S/c1-14-9-11-17(12-10-14)22(5)28(25,26)18-8-6-7-16(13-18)20(24)27-15(2)19(23)21(3)4/h6-13,15H,1-5H3/t15-/m0/s1. The van der Waals surface area contributed by atoms with Crippen molar-refractivity contribution in [3.8, 4) is 0 Å². The first kappa shape index (κ1) is 21.4. The number of amides is 1. The van der Waals surface area contributed by atoms with Crippen molar-refractivity contribution in [1.82, 2.24) is 4.90 Å². The molecule has 0 aliphatic rings. The molecule has 0 unspecified atom stereocenters. The molecule has 0 saturated heterocycles. The summed E-state index contributed by atoms with van der Waals surface area (Å²) in [6.07, 6.45) is -0.974. The summed E-state index contributed by atoms with van der Waals surface area (Å²) in [6.45, 7) is 3.38. The maximum Gasteiger partial charge on any atom is 0.338 e. The predicted molar refractivity (Wildman–Crippen MR) is 107 cm³/mol. The largest absolute Gasteiger partial charge is 0.449 e. The molecule has 1 atom stereocenters. The minimum absolute atomic E-state index is 0.0448. The summed E-state index contributed by atoms with van der Waals surface area (Å²) in [4.78, 5) is 25.5. The van der Waals surface area contributed by atoms with Gasteiger partial charge in [0.15, 0.2) is 6.10 Å². The minimum atomic E-state index is -3.87. The monoisotopic (exact) mass is 404 g/mol. The fourth-order valence-corrected chi connectivity index (χ4v) is 3.72. The normalized spacial score (nSPS) is 12.2. The van der Waals surface area contributed by atoms with Gasteiger partial charge in [0.2, 0.25) is 0 Å². The lowest BCUT2D eigenvalue weighted by Gasteiger charge is -2.20. The Kier molecular flexibility index (Phi) is 6.45. The molecule has 7 nitrogen and oxygen atoms in total. The van der Waals surface area contributed by atoms with Gasteiger partial charge in [-0.1, -0.05) is 23.8 Å². The van der Waals surface area contributed by atoms with Crippen LogP contribution in [0.2, 0.25) is 0 Å². The molecule has 0 spiro atoms. The lowest BCUT2D eigenvalue weighted by atomic mass is 10.2. The van der Waals surface area contributed by atoms with E-state index in [0.29, 0.717) is 5.69 Å². The minimum Gasteiger partial charge on any atom is -0.449 e. The van der Waals surface area contributed by atoms with Crippen LogP contribution < -0.4 is 4.31 Å². The molecular formula is C20H24N2O5S. The van der Waals surface area contributed by atoms with Crippen LogP contribution >= 0.6 is 0 Å². The molecule has 0 aliphatic carbocycles. The highest BCUT2D eigenvalue weighted by Gasteiger charge is 2.24. The molecule has 2 aromatic carbocycles. The Morgan fingerprint density at radius 2 is 1.61 bits per heavy atom. The van der Waals surface area contributed by atoms with Gasteiger partial charge >= 0.3 is 5.97 Å². The summed E-state index contributed by atoms with van der Waals surface area (Å²) in [5.41, 5.74) is 1.57. The molecule has 0 fully saturated rings. The van der Waals surface area contributed by atoms with Crippen LogP contribution in [0.1, 0.15) is 22.8 Å². The van der Waals surface area contributed by atoms with Gasteiger partial charge in [-0.2, -0.15) is 0 Å². The highest BCUT2D eigenvalue weighted by Crippen LogP contribution is 2.23. The maximum atomic E-state index is 12.9. The maximum absolute atomic E-state index is 12.9. The van der Waals surface area contributed by atoms with Crippen LogP contribution in [0, 0.1) is 6.92 Å². The topological polar surface area (TPSA) is 84.0 Å². The second kappa shape index (κ2) is 8.43. The van der Waals surface area contributed by atoms with Gasteiger partial charge in [-0.3, -0.25) is 9.10 Å². The van der Waals surface area contributed by atoms with Gasteiger partial charge in [-0.15, -0.1) is 0 Å². The number of ether oxygens (including phenoxy) is 1. The molecule has 28 heavy (non-hydrogen) atoms. The van der Waals surface area contributed by atoms with Gasteiger partial charge in [0, 0.05) is 21.1 Å². The van der Waals surface area contributed by atoms with Gasteiger partial charge in [-0.25, -0.2) is 13.2 Å². The lowest BCUT2D eigenvalue weighted by molar-refractivity contribution is -0.137. The number of carbonyl (C=O) groups is 2. The zero-order chi connectivity index (χ0) is 21.1. The summed E-state index contributed by atoms with van der Waals surface area (Å²) >= 11 is 0. The smallest absolute Gasteiger partial charge is 0.338 e. The first-order valence-corrected chi connectivity index (χ1v) is 10.1. The van der Waals surface area contributed by atoms with Crippen molar-refractivity contribution in [2.75, 3.05) is 25.4 Å². The summed E-state index contributed by atoms with van der Waals surface area (Å²) in [5.74, 6) is -1.13. The predicted octanol–water partition coefficient (Wildman–Crippen LogP) is 2.45. The van der Waals surface area contributed by atoms with Crippen molar-refractivity contribution in [1.29, 1.82) is 0 Å². The number of benzene rings is 2. The van der Waals surface area contributed by atoms with E-state index in [2.05, 4.69) is 0 Å². The number of sulfonamides is 1. The van der Waals surface area contributed by atoms with E-state index in [1.165, 1.54) is 43.1 Å². The molecule has 0 heterocycles. The molecule has 2 rings (SSSR count). The van der Waals surface area contributed by atoms with Crippen LogP contribution in [-0.4, -0.2) is 52.4 Å². The Labute approximate surface area is 165 Å². The third-order valence-corrected chi connectivity index (χ3v) is 5.98. The second-order valence-electron chi connectivity index (χ2n) is 6.62. The number of anilines is 1. The van der Waals surface area contributed by atoms with Crippen molar-refractivity contribution in [2.45, 2.75) is 24.8 Å². The lowest BCUT2D eigenvalue weighted by Crippen LogP contribution is -2.35. The summed E-state index contributed by atoms with van der Waals surface area (Å²) < 4.78 is 32.1. The number of aryl methyl sites for hydroxylation is 1. The molecular weight excluding hydrogens is 380 g/mol. The number of carbonyl (C=O) groups excluding carboxylic acids is 2. The summed E-state index contributed by atoms with van der Waals surface area (Å²) in [5, 5.41) is 0. The fraction of sp³-hybridized carbons (Fsp3) is 0.300. The van der Waals surface area contributed by atoms with Gasteiger partial charge in [-0.05, 0) is 44.2 Å². The quantitative estimate of drug-likeness (QED) is 0.691. The molecule has 2 aromatic rings. The number of hydrogen-bond donors (Lipinski definition) is 0. The van der Waals surface area contributed by atoms with E-state index in [1.54, 1.807) is 26.2 Å². The number of esters is 1. The van der Waals surface area contributed by atoms with E-state index in [1.807, 2.05) is 19.1 Å². The van der Waals surface area contributed by atoms with Crippen LogP contribution in [-0.2, 0) is 19.6 Å². The number of nitrogens with zero attached hydrogens (tertiary/aromatic N) is 2. The van der Waals surface area contributed by atoms with Gasteiger partial charge in [0.25, 0.3) is 15.9 Å². The Morgan fingerprint density at radius 1 is 1.00 bits per heavy atom. The van der Waals surface area contributed by atoms with Crippen LogP contribution in [0.4, 0.5) is 5.69 Å². The third kappa shape index (κ3) is 4.69. The highest BCUT2D eigenvalue weighted by molar-refractivity contribution is 7.92. The third-order valence-electron chi connectivity index (χ3n) is 4.20. The van der Waals surface area contributed by atoms with Crippen LogP contribution in [0.3, 0.4) is 0 Å². The Morgan fingerprint density at radius 3 is 2.18 bits per heavy atom. The van der Waals surface area contributed by atoms with Gasteiger partial charge in [0.1, 0.15) is 0 Å². The highest BCUT2D eigenvalue weighted by atomic mass is 32.2. The van der Waals surface area contributed by atoms with Crippen molar-refractivity contribution in [3.63, 3.8) is 0 Å². The molecule has 0 saturated carbocycles. The summed E-state index contributed by atoms with van der Waals surface area (Å²) in [6, 6.07) is 12.6. The van der Waals surface area contributed by atoms with E-state index in [-0.39, 0.29) is 16.4 Å². The molecule has 0 bridgehead atoms. The molecule has 150 valence electrons. The van der Waals surface area contributed by atoms with E-state index in [4.69, 9.17) is 4.74 Å². The van der Waals surface area contributed by atoms with Crippen molar-refractivity contribution >= 4 is 27.6 Å². The van der Waals surface area contributed by atoms with Gasteiger partial charge in [0.05, 0.1) is 16.1 Å². The van der Waals surface area contributed by atoms with E-state index in [9.17, 15) is 18.0 Å². The molecule has 0 radical (unpaired) electrons. The molecule has 1 amide bonds. The second-order valence-corrected chi connectivity index (χ2v) is 8.59. The molecule has 0 aromatic heterocycles. The number of likely N-dealkylation sites (N-methyl/N-ethyl adjacent to an activating group) is 1. The van der Waals surface area contributed by atoms with Crippen LogP contribution in [0.5, 0.6) is 0 Å². The fourth-order valence-electron chi connectivity index (χ4n) is 2.48. The Hall–Kier alpha value is -2.87. The number of rotatable bonds is 6. The molecule has 0 aliphatic heterocycles. The first-order chi connectivity index (χ1) is 13.0. The number of hydrogen-bond acceptors (Lipinski definition) is 5.